The van der Waals surface area contributed by atoms with Gasteiger partial charge in [0.25, 0.3) is 0 Å². The summed E-state index contributed by atoms with van der Waals surface area (Å²) in [5.74, 6) is 7.33. The van der Waals surface area contributed by atoms with Crippen molar-refractivity contribution >= 4 is 57.8 Å². The summed E-state index contributed by atoms with van der Waals surface area (Å²) in [7, 11) is 0. The maximum atomic E-state index is 16.5. The summed E-state index contributed by atoms with van der Waals surface area (Å²) in [6.45, 7) is 19.2. The Hall–Kier alpha value is -5.44. The van der Waals surface area contributed by atoms with Crippen LogP contribution in [0.1, 0.15) is 349 Å². The summed E-state index contributed by atoms with van der Waals surface area (Å²) in [6.07, 6.45) is 50.4. The lowest BCUT2D eigenvalue weighted by Crippen LogP contribution is -2.25. The number of hydrogen-bond donors (Lipinski definition) is 2. The SMILES string of the molecule is CCCCCCCCC1CCC(c2ccc(Sc3ccc(Sc4ccc(C5CCC(CCCCCCCC)CC5)cc4)c4c3C(=O)c3c(Nc5cc(C)c(OCC6CCC(CCCCC)CC6)c(C)c5)ccc(Nc5cc(C)c(OCC6CCC(CCCCC)CC6)c(C)c5)c3C4=O)cc2)CC1. The van der Waals surface area contributed by atoms with Gasteiger partial charge in [-0.3, -0.25) is 9.59 Å². The van der Waals surface area contributed by atoms with Crippen molar-refractivity contribution in [3.63, 3.8) is 0 Å². The van der Waals surface area contributed by atoms with E-state index in [1.165, 1.54) is 255 Å². The molecule has 552 valence electrons. The zero-order chi connectivity index (χ0) is 71.2. The van der Waals surface area contributed by atoms with Crippen molar-refractivity contribution < 1.29 is 19.1 Å². The van der Waals surface area contributed by atoms with E-state index in [2.05, 4.69) is 151 Å². The molecule has 0 spiro atoms. The molecule has 0 saturated heterocycles. The molecule has 6 aromatic rings. The van der Waals surface area contributed by atoms with Crippen LogP contribution in [-0.2, 0) is 0 Å². The van der Waals surface area contributed by atoms with E-state index in [4.69, 9.17) is 9.47 Å². The number of hydrogen-bond acceptors (Lipinski definition) is 8. The van der Waals surface area contributed by atoms with Crippen molar-refractivity contribution in [3.05, 3.63) is 153 Å². The normalized spacial score (nSPS) is 21.4. The fraction of sp³-hybridized carbons (Fsp3) is 0.596. The first-order chi connectivity index (χ1) is 49.9. The van der Waals surface area contributed by atoms with Crippen molar-refractivity contribution in [1.29, 1.82) is 0 Å². The standard InChI is InChI=1S/C94H130N2O4S2/c1-9-13-17-19-21-25-29-71-39-43-75(44-40-71)77-47-51-81(52-48-77)101-85-57-58-86(102-82-53-49-78(50-54-82)76-45-41-72(42-46-76)30-26-22-20-18-14-10-2)90-89(85)91(97)87-83(95-79-59-65(5)93(66(6)60-79)99-63-73-35-31-69(32-36-73)27-23-15-11-3)55-56-84(88(87)92(90)98)96-80-61-67(7)94(68(8)62-80)100-64-74-37-33-70(34-38-74)28-24-16-12-4/h47-62,69-76,95-96H,9-46,63-64H2,1-8H3. The Balaban J connectivity index is 0.883. The molecule has 8 heteroatoms. The molecule has 0 unspecified atom stereocenters. The summed E-state index contributed by atoms with van der Waals surface area (Å²) >= 11 is 3.22. The Kier molecular flexibility index (Phi) is 30.3. The molecule has 4 saturated carbocycles. The highest BCUT2D eigenvalue weighted by atomic mass is 32.2. The molecule has 5 aliphatic carbocycles. The van der Waals surface area contributed by atoms with Crippen LogP contribution in [0.5, 0.6) is 11.5 Å². The second-order valence-electron chi connectivity index (χ2n) is 32.8. The minimum absolute atomic E-state index is 0.146. The Morgan fingerprint density at radius 3 is 0.951 bits per heavy atom. The average molecular weight is 1420 g/mol. The van der Waals surface area contributed by atoms with Gasteiger partial charge in [-0.15, -0.1) is 0 Å². The minimum atomic E-state index is -0.146. The van der Waals surface area contributed by atoms with Crippen LogP contribution in [0.2, 0.25) is 0 Å². The van der Waals surface area contributed by atoms with Crippen LogP contribution in [0.4, 0.5) is 22.7 Å². The Morgan fingerprint density at radius 2 is 0.618 bits per heavy atom. The fourth-order valence-electron chi connectivity index (χ4n) is 18.5. The number of carbonyl (C=O) groups is 2. The second-order valence-corrected chi connectivity index (χ2v) is 35.0. The smallest absolute Gasteiger partial charge is 0.197 e. The van der Waals surface area contributed by atoms with Crippen molar-refractivity contribution in [3.8, 4) is 11.5 Å². The highest BCUT2D eigenvalue weighted by molar-refractivity contribution is 8.00. The first-order valence-electron chi connectivity index (χ1n) is 41.9. The second kappa shape index (κ2) is 39.8. The van der Waals surface area contributed by atoms with E-state index in [1.807, 2.05) is 12.1 Å². The highest BCUT2D eigenvalue weighted by Gasteiger charge is 2.39. The molecule has 0 atom stereocenters. The largest absolute Gasteiger partial charge is 0.493 e. The zero-order valence-corrected chi connectivity index (χ0v) is 66.2. The molecule has 6 aromatic carbocycles. The minimum Gasteiger partial charge on any atom is -0.493 e. The molecule has 0 amide bonds. The molecule has 0 heterocycles. The monoisotopic (exact) mass is 1410 g/mol. The summed E-state index contributed by atoms with van der Waals surface area (Å²) < 4.78 is 13.5. The number of ether oxygens (including phenoxy) is 2. The molecule has 2 N–H and O–H groups in total. The van der Waals surface area contributed by atoms with E-state index in [-0.39, 0.29) is 11.6 Å². The number of fused-ring (bicyclic) bond motifs is 2. The summed E-state index contributed by atoms with van der Waals surface area (Å²) in [5.41, 5.74) is 11.7. The predicted octanol–water partition coefficient (Wildman–Crippen LogP) is 29.1. The van der Waals surface area contributed by atoms with Gasteiger partial charge in [0.1, 0.15) is 11.5 Å². The summed E-state index contributed by atoms with van der Waals surface area (Å²) in [6, 6.07) is 35.3. The molecule has 6 nitrogen and oxygen atoms in total. The zero-order valence-electron chi connectivity index (χ0n) is 64.6. The third-order valence-corrected chi connectivity index (χ3v) is 26.9. The van der Waals surface area contributed by atoms with Crippen molar-refractivity contribution in [2.75, 3.05) is 23.8 Å². The Labute approximate surface area is 627 Å². The van der Waals surface area contributed by atoms with Gasteiger partial charge in [-0.05, 0) is 258 Å². The number of benzene rings is 6. The van der Waals surface area contributed by atoms with Crippen LogP contribution >= 0.6 is 23.5 Å². The maximum absolute atomic E-state index is 16.5. The molecule has 4 fully saturated rings. The molecule has 5 aliphatic rings. The highest BCUT2D eigenvalue weighted by Crippen LogP contribution is 2.49. The van der Waals surface area contributed by atoms with Crippen molar-refractivity contribution in [2.24, 2.45) is 35.5 Å². The predicted molar refractivity (Wildman–Crippen MR) is 435 cm³/mol. The number of nitrogens with one attached hydrogen (secondary N) is 2. The molecule has 0 aromatic heterocycles. The number of anilines is 4. The lowest BCUT2D eigenvalue weighted by atomic mass is 9.77. The van der Waals surface area contributed by atoms with E-state index >= 15 is 9.59 Å². The molecular formula is C94H130N2O4S2. The van der Waals surface area contributed by atoms with Gasteiger partial charge in [0.15, 0.2) is 11.6 Å². The summed E-state index contributed by atoms with van der Waals surface area (Å²) in [5, 5.41) is 7.55. The number of rotatable bonds is 38. The van der Waals surface area contributed by atoms with Crippen LogP contribution < -0.4 is 20.1 Å². The van der Waals surface area contributed by atoms with E-state index in [9.17, 15) is 0 Å². The van der Waals surface area contributed by atoms with E-state index in [0.717, 1.165) is 102 Å². The van der Waals surface area contributed by atoms with E-state index in [0.29, 0.717) is 57.3 Å². The lowest BCUT2D eigenvalue weighted by Gasteiger charge is -2.29. The fourth-order valence-corrected chi connectivity index (χ4v) is 20.5. The molecule has 11 rings (SSSR count). The van der Waals surface area contributed by atoms with Crippen LogP contribution in [0.15, 0.2) is 117 Å². The topological polar surface area (TPSA) is 76.7 Å². The first-order valence-corrected chi connectivity index (χ1v) is 43.5. The number of aryl methyl sites for hydroxylation is 4. The molecular weight excluding hydrogens is 1290 g/mol. The number of unbranched alkanes of at least 4 members (excludes halogenated alkanes) is 14. The van der Waals surface area contributed by atoms with Gasteiger partial charge >= 0.3 is 0 Å². The average Bonchev–Trinajstić information content (AvgIpc) is 0.724. The van der Waals surface area contributed by atoms with Gasteiger partial charge in [-0.2, -0.15) is 0 Å². The molecule has 0 aliphatic heterocycles. The Morgan fingerprint density at radius 1 is 0.333 bits per heavy atom. The van der Waals surface area contributed by atoms with Gasteiger partial charge in [-0.25, -0.2) is 0 Å². The van der Waals surface area contributed by atoms with Crippen LogP contribution in [-0.4, -0.2) is 24.8 Å². The molecule has 0 radical (unpaired) electrons. The third kappa shape index (κ3) is 21.4. The van der Waals surface area contributed by atoms with Gasteiger partial charge in [0.05, 0.1) is 35.7 Å². The van der Waals surface area contributed by atoms with Crippen LogP contribution in [0.25, 0.3) is 0 Å². The number of carbonyl (C=O) groups excluding carboxylic acids is 2. The molecule has 102 heavy (non-hydrogen) atoms. The van der Waals surface area contributed by atoms with Gasteiger partial charge < -0.3 is 20.1 Å². The molecule has 0 bridgehead atoms. The number of ketones is 2. The quantitative estimate of drug-likeness (QED) is 0.0371. The maximum Gasteiger partial charge on any atom is 0.197 e. The van der Waals surface area contributed by atoms with Gasteiger partial charge in [0.2, 0.25) is 0 Å². The van der Waals surface area contributed by atoms with Crippen LogP contribution in [0, 0.1) is 63.2 Å². The van der Waals surface area contributed by atoms with Gasteiger partial charge in [0, 0.05) is 42.1 Å². The lowest BCUT2D eigenvalue weighted by molar-refractivity contribution is 0.0976. The third-order valence-electron chi connectivity index (χ3n) is 24.8. The van der Waals surface area contributed by atoms with E-state index < -0.39 is 0 Å². The van der Waals surface area contributed by atoms with Crippen molar-refractivity contribution in [2.45, 2.75) is 331 Å². The Bertz CT molecular complexity index is 3320. The first kappa shape index (κ1) is 77.7. The van der Waals surface area contributed by atoms with Crippen LogP contribution in [0.3, 0.4) is 0 Å². The summed E-state index contributed by atoms with van der Waals surface area (Å²) in [4.78, 5) is 36.8. The van der Waals surface area contributed by atoms with E-state index in [1.54, 1.807) is 23.5 Å². The van der Waals surface area contributed by atoms with Gasteiger partial charge in [-0.1, -0.05) is 242 Å². The van der Waals surface area contributed by atoms with Crippen molar-refractivity contribution in [1.82, 2.24) is 0 Å².